The van der Waals surface area contributed by atoms with Crippen molar-refractivity contribution in [2.75, 3.05) is 11.9 Å². The number of ether oxygens (including phenoxy) is 1. The molecule has 0 saturated heterocycles. The summed E-state index contributed by atoms with van der Waals surface area (Å²) in [5.41, 5.74) is 2.57. The molecule has 1 aliphatic heterocycles. The summed E-state index contributed by atoms with van der Waals surface area (Å²) in [6, 6.07) is 13.3. The van der Waals surface area contributed by atoms with Crippen LogP contribution in [0, 0.1) is 0 Å². The number of anilines is 1. The number of hydrogen-bond donors (Lipinski definition) is 1. The zero-order valence-electron chi connectivity index (χ0n) is 16.7. The quantitative estimate of drug-likeness (QED) is 0.429. The number of rotatable bonds is 10. The molecule has 1 N–H and O–H groups in total. The zero-order valence-corrected chi connectivity index (χ0v) is 17.4. The molecule has 0 fully saturated rings. The molecule has 0 radical (unpaired) electrons. The van der Waals surface area contributed by atoms with E-state index in [2.05, 4.69) is 12.2 Å². The monoisotopic (exact) mass is 399 g/mol. The van der Waals surface area contributed by atoms with Gasteiger partial charge < -0.3 is 10.1 Å². The Morgan fingerprint density at radius 3 is 2.57 bits per heavy atom. The number of nitrogens with one attached hydrogen (secondary N) is 1. The maximum absolute atomic E-state index is 12.4. The van der Waals surface area contributed by atoms with E-state index in [-0.39, 0.29) is 11.8 Å². The number of para-hydroxylation sites is 1. The lowest BCUT2D eigenvalue weighted by Gasteiger charge is -2.27. The molecule has 2 aromatic carbocycles. The Kier molecular flexibility index (Phi) is 7.79. The molecule has 0 bridgehead atoms. The number of ketones is 1. The first-order valence-corrected chi connectivity index (χ1v) is 10.9. The first-order chi connectivity index (χ1) is 13.7. The molecule has 3 rings (SSSR count). The second-order valence-electron chi connectivity index (χ2n) is 7.52. The number of hydrogen-bond acceptors (Lipinski definition) is 3. The Morgan fingerprint density at radius 2 is 1.79 bits per heavy atom. The van der Waals surface area contributed by atoms with Crippen LogP contribution < -0.4 is 10.1 Å². The number of unbranched alkanes of at least 4 members (excludes halogenated alkanes) is 6. The average molecular weight is 400 g/mol. The fourth-order valence-electron chi connectivity index (χ4n) is 3.70. The molecule has 28 heavy (non-hydrogen) atoms. The van der Waals surface area contributed by atoms with Gasteiger partial charge in [0, 0.05) is 22.7 Å². The van der Waals surface area contributed by atoms with Gasteiger partial charge in [-0.25, -0.2) is 0 Å². The molecule has 0 saturated carbocycles. The van der Waals surface area contributed by atoms with Gasteiger partial charge in [-0.3, -0.25) is 4.79 Å². The van der Waals surface area contributed by atoms with Gasteiger partial charge in [0.1, 0.15) is 5.75 Å². The predicted molar refractivity (Wildman–Crippen MR) is 117 cm³/mol. The summed E-state index contributed by atoms with van der Waals surface area (Å²) in [7, 11) is 0. The van der Waals surface area contributed by atoms with Crippen LogP contribution in [0.2, 0.25) is 5.02 Å². The predicted octanol–water partition coefficient (Wildman–Crippen LogP) is 7.21. The second-order valence-corrected chi connectivity index (χ2v) is 7.93. The molecular weight excluding hydrogens is 370 g/mol. The molecule has 4 heteroatoms. The van der Waals surface area contributed by atoms with Gasteiger partial charge in [0.15, 0.2) is 5.78 Å². The summed E-state index contributed by atoms with van der Waals surface area (Å²) in [4.78, 5) is 12.4. The van der Waals surface area contributed by atoms with Gasteiger partial charge >= 0.3 is 0 Å². The smallest absolute Gasteiger partial charge is 0.167 e. The highest BCUT2D eigenvalue weighted by molar-refractivity contribution is 6.31. The minimum absolute atomic E-state index is 0.105. The lowest BCUT2D eigenvalue weighted by atomic mass is 9.92. The fraction of sp³-hybridized carbons (Fsp3) is 0.458. The van der Waals surface area contributed by atoms with Crippen LogP contribution in [0.1, 0.15) is 80.3 Å². The van der Waals surface area contributed by atoms with Crippen molar-refractivity contribution in [3.63, 3.8) is 0 Å². The fourth-order valence-corrected chi connectivity index (χ4v) is 4.01. The van der Waals surface area contributed by atoms with Crippen molar-refractivity contribution >= 4 is 23.1 Å². The number of carbonyl (C=O) groups is 1. The minimum atomic E-state index is -0.105. The van der Waals surface area contributed by atoms with Crippen LogP contribution in [0.5, 0.6) is 5.75 Å². The molecule has 0 aromatic heterocycles. The van der Waals surface area contributed by atoms with Crippen molar-refractivity contribution in [1.29, 1.82) is 0 Å². The Hall–Kier alpha value is -2.00. The first kappa shape index (κ1) is 20.7. The highest BCUT2D eigenvalue weighted by Crippen LogP contribution is 2.36. The van der Waals surface area contributed by atoms with Gasteiger partial charge in [0.25, 0.3) is 0 Å². The van der Waals surface area contributed by atoms with Crippen molar-refractivity contribution in [2.45, 2.75) is 64.3 Å². The maximum Gasteiger partial charge on any atom is 0.167 e. The van der Waals surface area contributed by atoms with E-state index in [1.807, 2.05) is 42.5 Å². The summed E-state index contributed by atoms with van der Waals surface area (Å²) >= 11 is 6.52. The lowest BCUT2D eigenvalue weighted by molar-refractivity contribution is 0.0972. The third-order valence-electron chi connectivity index (χ3n) is 5.31. The third-order valence-corrected chi connectivity index (χ3v) is 5.64. The summed E-state index contributed by atoms with van der Waals surface area (Å²) < 4.78 is 5.86. The van der Waals surface area contributed by atoms with Crippen molar-refractivity contribution in [3.8, 4) is 5.75 Å². The SMILES string of the molecule is CCCCCCCCCOc1ccc(C2CC(=O)c3ccccc3N2)c(Cl)c1. The molecule has 1 heterocycles. The van der Waals surface area contributed by atoms with Crippen LogP contribution in [0.4, 0.5) is 5.69 Å². The first-order valence-electron chi connectivity index (χ1n) is 10.5. The van der Waals surface area contributed by atoms with Crippen molar-refractivity contribution in [1.82, 2.24) is 0 Å². The van der Waals surface area contributed by atoms with E-state index in [4.69, 9.17) is 16.3 Å². The second kappa shape index (κ2) is 10.5. The average Bonchev–Trinajstić information content (AvgIpc) is 2.70. The molecule has 3 nitrogen and oxygen atoms in total. The normalized spacial score (nSPS) is 15.8. The lowest BCUT2D eigenvalue weighted by Crippen LogP contribution is -2.22. The summed E-state index contributed by atoms with van der Waals surface area (Å²) in [5.74, 6) is 0.942. The van der Waals surface area contributed by atoms with Crippen molar-refractivity contribution < 1.29 is 9.53 Å². The number of carbonyl (C=O) groups excluding carboxylic acids is 1. The molecule has 150 valence electrons. The highest BCUT2D eigenvalue weighted by Gasteiger charge is 2.26. The van der Waals surface area contributed by atoms with Gasteiger partial charge in [-0.2, -0.15) is 0 Å². The van der Waals surface area contributed by atoms with E-state index in [0.717, 1.165) is 35.6 Å². The summed E-state index contributed by atoms with van der Waals surface area (Å²) in [6.07, 6.45) is 9.28. The molecule has 0 aliphatic carbocycles. The number of fused-ring (bicyclic) bond motifs is 1. The standard InChI is InChI=1S/C24H30ClNO2/c1-2-3-4-5-6-7-10-15-28-18-13-14-19(21(25)16-18)23-17-24(27)20-11-8-9-12-22(20)26-23/h8-9,11-14,16,23,26H,2-7,10,15,17H2,1H3. The maximum atomic E-state index is 12.4. The molecule has 2 aromatic rings. The molecule has 0 spiro atoms. The van der Waals surface area contributed by atoms with E-state index >= 15 is 0 Å². The van der Waals surface area contributed by atoms with E-state index in [0.29, 0.717) is 11.4 Å². The topological polar surface area (TPSA) is 38.3 Å². The van der Waals surface area contributed by atoms with Crippen LogP contribution in [0.3, 0.4) is 0 Å². The summed E-state index contributed by atoms with van der Waals surface area (Å²) in [6.45, 7) is 2.96. The molecule has 1 atom stereocenters. The molecule has 0 amide bonds. The third kappa shape index (κ3) is 5.51. The van der Waals surface area contributed by atoms with Gasteiger partial charge in [0.2, 0.25) is 0 Å². The Morgan fingerprint density at radius 1 is 1.04 bits per heavy atom. The van der Waals surface area contributed by atoms with Crippen LogP contribution in [-0.4, -0.2) is 12.4 Å². The minimum Gasteiger partial charge on any atom is -0.494 e. The van der Waals surface area contributed by atoms with E-state index in [1.165, 1.54) is 38.5 Å². The Labute approximate surface area is 173 Å². The molecular formula is C24H30ClNO2. The zero-order chi connectivity index (χ0) is 19.8. The number of Topliss-reactive ketones (excluding diaryl/α,β-unsaturated/α-hetero) is 1. The van der Waals surface area contributed by atoms with Crippen molar-refractivity contribution in [3.05, 3.63) is 58.6 Å². The van der Waals surface area contributed by atoms with Gasteiger partial charge in [-0.15, -0.1) is 0 Å². The van der Waals surface area contributed by atoms with Crippen LogP contribution in [0.15, 0.2) is 42.5 Å². The van der Waals surface area contributed by atoms with E-state index < -0.39 is 0 Å². The van der Waals surface area contributed by atoms with Crippen LogP contribution in [0.25, 0.3) is 0 Å². The van der Waals surface area contributed by atoms with Gasteiger partial charge in [-0.05, 0) is 36.2 Å². The number of benzene rings is 2. The summed E-state index contributed by atoms with van der Waals surface area (Å²) in [5, 5.41) is 4.08. The highest BCUT2D eigenvalue weighted by atomic mass is 35.5. The largest absolute Gasteiger partial charge is 0.494 e. The molecule has 1 unspecified atom stereocenters. The van der Waals surface area contributed by atoms with E-state index in [9.17, 15) is 4.79 Å². The van der Waals surface area contributed by atoms with Crippen LogP contribution >= 0.6 is 11.6 Å². The van der Waals surface area contributed by atoms with Gasteiger partial charge in [-0.1, -0.05) is 75.2 Å². The number of halogens is 1. The Bertz CT molecular complexity index is 790. The van der Waals surface area contributed by atoms with E-state index in [1.54, 1.807) is 0 Å². The van der Waals surface area contributed by atoms with Gasteiger partial charge in [0.05, 0.1) is 12.6 Å². The Balaban J connectivity index is 1.50. The molecule has 1 aliphatic rings. The van der Waals surface area contributed by atoms with Crippen LogP contribution in [-0.2, 0) is 0 Å². The van der Waals surface area contributed by atoms with Crippen molar-refractivity contribution in [2.24, 2.45) is 0 Å².